The Hall–Kier alpha value is -3.03. The average molecular weight is 487 g/mol. The van der Waals surface area contributed by atoms with Crippen molar-refractivity contribution in [1.82, 2.24) is 5.32 Å². The number of aryl methyl sites for hydroxylation is 3. The minimum absolute atomic E-state index is 0.129. The molecule has 1 amide bonds. The fraction of sp³-hybridized carbons (Fsp3) is 0.240. The van der Waals surface area contributed by atoms with Crippen LogP contribution in [0.15, 0.2) is 71.6 Å². The van der Waals surface area contributed by atoms with Crippen LogP contribution < -0.4 is 14.4 Å². The average Bonchev–Trinajstić information content (AvgIpc) is 2.78. The van der Waals surface area contributed by atoms with E-state index in [1.807, 2.05) is 32.9 Å². The molecule has 8 heteroatoms. The predicted molar refractivity (Wildman–Crippen MR) is 132 cm³/mol. The number of halogens is 1. The third kappa shape index (κ3) is 6.27. The number of sulfonamides is 1. The summed E-state index contributed by atoms with van der Waals surface area (Å²) < 4.78 is 33.7. The van der Waals surface area contributed by atoms with Gasteiger partial charge in [-0.25, -0.2) is 8.42 Å². The van der Waals surface area contributed by atoms with Crippen molar-refractivity contribution >= 4 is 33.2 Å². The van der Waals surface area contributed by atoms with Crippen LogP contribution in [0.3, 0.4) is 0 Å². The number of carbonyl (C=O) groups excluding carboxylic acids is 1. The minimum Gasteiger partial charge on any atom is -0.490 e. The summed E-state index contributed by atoms with van der Waals surface area (Å²) in [5.41, 5.74) is 3.07. The molecule has 0 aliphatic carbocycles. The first-order valence-corrected chi connectivity index (χ1v) is 12.3. The lowest BCUT2D eigenvalue weighted by Crippen LogP contribution is -2.42. The number of carbonyl (C=O) groups is 1. The maximum absolute atomic E-state index is 13.5. The van der Waals surface area contributed by atoms with Gasteiger partial charge in [0.1, 0.15) is 18.9 Å². The number of benzene rings is 3. The summed E-state index contributed by atoms with van der Waals surface area (Å²) in [5, 5.41) is 3.21. The van der Waals surface area contributed by atoms with E-state index in [4.69, 9.17) is 16.3 Å². The molecular formula is C25H27ClN2O4S. The third-order valence-corrected chi connectivity index (χ3v) is 7.13. The summed E-state index contributed by atoms with van der Waals surface area (Å²) in [6.07, 6.45) is 0. The lowest BCUT2D eigenvalue weighted by molar-refractivity contribution is -0.119. The number of ether oxygens (including phenoxy) is 1. The molecule has 0 aromatic heterocycles. The van der Waals surface area contributed by atoms with Gasteiger partial charge in [0.05, 0.1) is 22.2 Å². The number of amides is 1. The van der Waals surface area contributed by atoms with Crippen LogP contribution >= 0.6 is 11.6 Å². The van der Waals surface area contributed by atoms with Crippen LogP contribution in [-0.2, 0) is 14.8 Å². The molecule has 0 atom stereocenters. The van der Waals surface area contributed by atoms with E-state index in [1.165, 1.54) is 0 Å². The van der Waals surface area contributed by atoms with E-state index in [1.54, 1.807) is 54.6 Å². The van der Waals surface area contributed by atoms with Gasteiger partial charge in [-0.3, -0.25) is 9.10 Å². The summed E-state index contributed by atoms with van der Waals surface area (Å²) in [4.78, 5) is 12.9. The number of rotatable bonds is 9. The Morgan fingerprint density at radius 2 is 1.64 bits per heavy atom. The second kappa shape index (κ2) is 10.7. The van der Waals surface area contributed by atoms with Gasteiger partial charge in [-0.2, -0.15) is 0 Å². The highest BCUT2D eigenvalue weighted by Crippen LogP contribution is 2.28. The van der Waals surface area contributed by atoms with Crippen LogP contribution in [-0.4, -0.2) is 34.0 Å². The van der Waals surface area contributed by atoms with Crippen LogP contribution in [0.5, 0.6) is 5.75 Å². The van der Waals surface area contributed by atoms with E-state index >= 15 is 0 Å². The predicted octanol–water partition coefficient (Wildman–Crippen LogP) is 4.66. The van der Waals surface area contributed by atoms with Crippen molar-refractivity contribution < 1.29 is 17.9 Å². The maximum atomic E-state index is 13.5. The van der Waals surface area contributed by atoms with Crippen LogP contribution in [0, 0.1) is 20.8 Å². The summed E-state index contributed by atoms with van der Waals surface area (Å²) in [6.45, 7) is 5.63. The first kappa shape index (κ1) is 24.6. The van der Waals surface area contributed by atoms with Crippen molar-refractivity contribution in [3.63, 3.8) is 0 Å². The Balaban J connectivity index is 1.77. The molecule has 3 rings (SSSR count). The molecule has 3 aromatic carbocycles. The Morgan fingerprint density at radius 3 is 2.33 bits per heavy atom. The zero-order chi connectivity index (χ0) is 24.0. The Labute approximate surface area is 200 Å². The van der Waals surface area contributed by atoms with Crippen LogP contribution in [0.2, 0.25) is 5.02 Å². The number of nitrogens with zero attached hydrogens (tertiary/aromatic N) is 1. The zero-order valence-corrected chi connectivity index (χ0v) is 20.4. The molecule has 1 N–H and O–H groups in total. The highest BCUT2D eigenvalue weighted by atomic mass is 35.5. The quantitative estimate of drug-likeness (QED) is 0.446. The number of anilines is 1. The SMILES string of the molecule is Cc1ccc(S(=O)(=O)N(CC(=O)NCCOc2ccccc2Cl)c2cc(C)ccc2C)cc1. The Morgan fingerprint density at radius 1 is 0.970 bits per heavy atom. The molecule has 0 unspecified atom stereocenters. The van der Waals surface area contributed by atoms with E-state index in [2.05, 4.69) is 5.32 Å². The molecule has 174 valence electrons. The van der Waals surface area contributed by atoms with E-state index in [9.17, 15) is 13.2 Å². The van der Waals surface area contributed by atoms with Crippen molar-refractivity contribution in [2.24, 2.45) is 0 Å². The van der Waals surface area contributed by atoms with Crippen molar-refractivity contribution in [3.05, 3.63) is 88.4 Å². The molecule has 0 fully saturated rings. The highest BCUT2D eigenvalue weighted by Gasteiger charge is 2.28. The second-order valence-corrected chi connectivity index (χ2v) is 10.0. The molecule has 0 aliphatic rings. The number of para-hydroxylation sites is 1. The molecule has 0 radical (unpaired) electrons. The van der Waals surface area contributed by atoms with Gasteiger partial charge >= 0.3 is 0 Å². The zero-order valence-electron chi connectivity index (χ0n) is 18.8. The molecule has 0 spiro atoms. The molecule has 0 saturated heterocycles. The summed E-state index contributed by atoms with van der Waals surface area (Å²) in [6, 6.07) is 19.2. The second-order valence-electron chi connectivity index (χ2n) is 7.74. The summed E-state index contributed by atoms with van der Waals surface area (Å²) >= 11 is 6.06. The molecule has 0 aliphatic heterocycles. The van der Waals surface area contributed by atoms with Gasteiger partial charge in [-0.05, 0) is 62.2 Å². The number of nitrogens with one attached hydrogen (secondary N) is 1. The third-order valence-electron chi connectivity index (χ3n) is 5.05. The molecule has 3 aromatic rings. The Bertz CT molecular complexity index is 1230. The molecule has 0 saturated carbocycles. The van der Waals surface area contributed by atoms with Crippen LogP contribution in [0.25, 0.3) is 0 Å². The maximum Gasteiger partial charge on any atom is 0.264 e. The van der Waals surface area contributed by atoms with Gasteiger partial charge in [-0.15, -0.1) is 0 Å². The van der Waals surface area contributed by atoms with Crippen molar-refractivity contribution in [3.8, 4) is 5.75 Å². The molecule has 33 heavy (non-hydrogen) atoms. The molecule has 6 nitrogen and oxygen atoms in total. The van der Waals surface area contributed by atoms with Crippen molar-refractivity contribution in [2.45, 2.75) is 25.7 Å². The first-order chi connectivity index (χ1) is 15.7. The monoisotopic (exact) mass is 486 g/mol. The normalized spacial score (nSPS) is 11.2. The molecule has 0 heterocycles. The van der Waals surface area contributed by atoms with Crippen LogP contribution in [0.4, 0.5) is 5.69 Å². The fourth-order valence-electron chi connectivity index (χ4n) is 3.22. The van der Waals surface area contributed by atoms with Gasteiger partial charge < -0.3 is 10.1 Å². The topological polar surface area (TPSA) is 75.7 Å². The lowest BCUT2D eigenvalue weighted by Gasteiger charge is -2.26. The van der Waals surface area contributed by atoms with Crippen molar-refractivity contribution in [1.29, 1.82) is 0 Å². The standard InChI is InChI=1S/C25H27ClN2O4S/c1-18-9-12-21(13-10-18)33(30,31)28(23-16-19(2)8-11-20(23)3)17-25(29)27-14-15-32-24-7-5-4-6-22(24)26/h4-13,16H,14-15,17H2,1-3H3,(H,27,29). The molecule has 0 bridgehead atoms. The van der Waals surface area contributed by atoms with E-state index < -0.39 is 15.9 Å². The van der Waals surface area contributed by atoms with Crippen molar-refractivity contribution in [2.75, 3.05) is 24.0 Å². The van der Waals surface area contributed by atoms with Gasteiger partial charge in [0, 0.05) is 0 Å². The molecular weight excluding hydrogens is 460 g/mol. The highest BCUT2D eigenvalue weighted by molar-refractivity contribution is 7.92. The number of hydrogen-bond acceptors (Lipinski definition) is 4. The fourth-order valence-corrected chi connectivity index (χ4v) is 4.89. The van der Waals surface area contributed by atoms with Gasteiger partial charge in [0.25, 0.3) is 10.0 Å². The van der Waals surface area contributed by atoms with E-state index in [0.29, 0.717) is 16.5 Å². The van der Waals surface area contributed by atoms with Gasteiger partial charge in [0.2, 0.25) is 5.91 Å². The van der Waals surface area contributed by atoms with Crippen LogP contribution in [0.1, 0.15) is 16.7 Å². The summed E-state index contributed by atoms with van der Waals surface area (Å²) in [7, 11) is -3.96. The minimum atomic E-state index is -3.96. The number of hydrogen-bond donors (Lipinski definition) is 1. The lowest BCUT2D eigenvalue weighted by atomic mass is 10.1. The smallest absolute Gasteiger partial charge is 0.264 e. The van der Waals surface area contributed by atoms with Gasteiger partial charge in [0.15, 0.2) is 0 Å². The largest absolute Gasteiger partial charge is 0.490 e. The van der Waals surface area contributed by atoms with Gasteiger partial charge in [-0.1, -0.05) is 53.6 Å². The van der Waals surface area contributed by atoms with E-state index in [0.717, 1.165) is 21.0 Å². The van der Waals surface area contributed by atoms with E-state index in [-0.39, 0.29) is 24.6 Å². The summed E-state index contributed by atoms with van der Waals surface area (Å²) in [5.74, 6) is 0.0849. The Kier molecular flexibility index (Phi) is 8.00. The first-order valence-electron chi connectivity index (χ1n) is 10.5.